The molecule has 2 aromatic carbocycles. The summed E-state index contributed by atoms with van der Waals surface area (Å²) in [5.41, 5.74) is 0.322. The summed E-state index contributed by atoms with van der Waals surface area (Å²) in [6, 6.07) is 17.6. The van der Waals surface area contributed by atoms with E-state index in [2.05, 4.69) is 5.16 Å². The minimum Gasteiger partial charge on any atom is -0.383 e. The molecule has 1 aliphatic rings. The van der Waals surface area contributed by atoms with Crippen molar-refractivity contribution < 1.29 is 18.0 Å². The van der Waals surface area contributed by atoms with E-state index in [1.165, 1.54) is 0 Å². The quantitative estimate of drug-likeness (QED) is 0.808. The standard InChI is InChI=1S/C17H14F3NO/c18-17(19,20)12-16(14-9-5-2-6-10-14)11-15(21-22-16)13-7-3-1-4-8-13/h1-10H,11-12H2/t16-/m0/s1. The van der Waals surface area contributed by atoms with Crippen molar-refractivity contribution in [3.05, 3.63) is 71.8 Å². The number of hydrogen-bond donors (Lipinski definition) is 0. The smallest absolute Gasteiger partial charge is 0.383 e. The SMILES string of the molecule is FC(F)(F)C[C@]1(c2ccccc2)CC(c2ccccc2)=NO1. The molecule has 0 unspecified atom stereocenters. The molecule has 0 saturated heterocycles. The van der Waals surface area contributed by atoms with Crippen LogP contribution in [0, 0.1) is 0 Å². The van der Waals surface area contributed by atoms with E-state index >= 15 is 0 Å². The third-order valence-corrected chi connectivity index (χ3v) is 3.68. The van der Waals surface area contributed by atoms with Crippen LogP contribution in [-0.4, -0.2) is 11.9 Å². The molecule has 114 valence electrons. The Morgan fingerprint density at radius 3 is 2.14 bits per heavy atom. The maximum absolute atomic E-state index is 13.0. The van der Waals surface area contributed by atoms with Crippen molar-refractivity contribution in [1.29, 1.82) is 0 Å². The Bertz CT molecular complexity index is 667. The van der Waals surface area contributed by atoms with Gasteiger partial charge in [-0.1, -0.05) is 65.8 Å². The zero-order valence-electron chi connectivity index (χ0n) is 11.7. The molecule has 0 radical (unpaired) electrons. The molecule has 1 atom stereocenters. The lowest BCUT2D eigenvalue weighted by Gasteiger charge is -2.28. The molecule has 0 aliphatic carbocycles. The summed E-state index contributed by atoms with van der Waals surface area (Å²) in [6.07, 6.45) is -5.30. The fourth-order valence-corrected chi connectivity index (χ4v) is 2.68. The van der Waals surface area contributed by atoms with Gasteiger partial charge in [0.15, 0.2) is 5.60 Å². The molecular formula is C17H14F3NO. The van der Waals surface area contributed by atoms with Crippen molar-refractivity contribution in [3.8, 4) is 0 Å². The van der Waals surface area contributed by atoms with Crippen LogP contribution in [0.5, 0.6) is 0 Å². The Morgan fingerprint density at radius 2 is 1.55 bits per heavy atom. The van der Waals surface area contributed by atoms with E-state index in [0.717, 1.165) is 5.56 Å². The summed E-state index contributed by atoms with van der Waals surface area (Å²) in [4.78, 5) is 5.34. The van der Waals surface area contributed by atoms with E-state index in [0.29, 0.717) is 11.3 Å². The molecule has 0 fully saturated rings. The highest BCUT2D eigenvalue weighted by Gasteiger charge is 2.49. The average molecular weight is 305 g/mol. The van der Waals surface area contributed by atoms with E-state index in [9.17, 15) is 13.2 Å². The summed E-state index contributed by atoms with van der Waals surface area (Å²) >= 11 is 0. The molecule has 0 N–H and O–H groups in total. The lowest BCUT2D eigenvalue weighted by molar-refractivity contribution is -0.186. The maximum Gasteiger partial charge on any atom is 0.393 e. The molecule has 0 spiro atoms. The Balaban J connectivity index is 1.94. The van der Waals surface area contributed by atoms with Crippen LogP contribution in [0.3, 0.4) is 0 Å². The van der Waals surface area contributed by atoms with Crippen molar-refractivity contribution in [2.45, 2.75) is 24.6 Å². The summed E-state index contributed by atoms with van der Waals surface area (Å²) < 4.78 is 39.1. The Kier molecular flexibility index (Phi) is 3.64. The second-order valence-corrected chi connectivity index (χ2v) is 5.32. The third-order valence-electron chi connectivity index (χ3n) is 3.68. The van der Waals surface area contributed by atoms with Crippen molar-refractivity contribution in [3.63, 3.8) is 0 Å². The van der Waals surface area contributed by atoms with E-state index in [1.54, 1.807) is 30.3 Å². The van der Waals surface area contributed by atoms with Crippen LogP contribution >= 0.6 is 0 Å². The first-order chi connectivity index (χ1) is 10.5. The Labute approximate surface area is 126 Å². The van der Waals surface area contributed by atoms with Crippen molar-refractivity contribution in [1.82, 2.24) is 0 Å². The number of nitrogens with zero attached hydrogens (tertiary/aromatic N) is 1. The second-order valence-electron chi connectivity index (χ2n) is 5.32. The summed E-state index contributed by atoms with van der Waals surface area (Å²) in [5, 5.41) is 3.94. The van der Waals surface area contributed by atoms with Gasteiger partial charge in [0.25, 0.3) is 0 Å². The van der Waals surface area contributed by atoms with Crippen molar-refractivity contribution >= 4 is 5.71 Å². The minimum absolute atomic E-state index is 0.0978. The first kappa shape index (κ1) is 14.6. The van der Waals surface area contributed by atoms with Gasteiger partial charge in [-0.05, 0) is 11.1 Å². The van der Waals surface area contributed by atoms with Gasteiger partial charge in [0.05, 0.1) is 12.1 Å². The largest absolute Gasteiger partial charge is 0.393 e. The predicted octanol–water partition coefficient (Wildman–Crippen LogP) is 4.66. The van der Waals surface area contributed by atoms with Gasteiger partial charge in [0, 0.05) is 6.42 Å². The van der Waals surface area contributed by atoms with Crippen LogP contribution in [0.15, 0.2) is 65.8 Å². The maximum atomic E-state index is 13.0. The lowest BCUT2D eigenvalue weighted by Crippen LogP contribution is -2.32. The first-order valence-electron chi connectivity index (χ1n) is 6.91. The highest BCUT2D eigenvalue weighted by Crippen LogP contribution is 2.44. The first-order valence-corrected chi connectivity index (χ1v) is 6.91. The van der Waals surface area contributed by atoms with Crippen LogP contribution in [0.1, 0.15) is 24.0 Å². The zero-order chi connectivity index (χ0) is 15.6. The summed E-state index contributed by atoms with van der Waals surface area (Å²) in [7, 11) is 0. The molecule has 0 amide bonds. The fourth-order valence-electron chi connectivity index (χ4n) is 2.68. The molecule has 1 heterocycles. The second kappa shape index (κ2) is 5.48. The highest BCUT2D eigenvalue weighted by molar-refractivity contribution is 6.01. The molecule has 2 nitrogen and oxygen atoms in total. The van der Waals surface area contributed by atoms with Gasteiger partial charge in [-0.15, -0.1) is 0 Å². The van der Waals surface area contributed by atoms with Gasteiger partial charge < -0.3 is 4.84 Å². The molecule has 0 aromatic heterocycles. The van der Waals surface area contributed by atoms with Crippen LogP contribution < -0.4 is 0 Å². The van der Waals surface area contributed by atoms with E-state index in [4.69, 9.17) is 4.84 Å². The number of alkyl halides is 3. The number of benzene rings is 2. The third kappa shape index (κ3) is 2.98. The number of halogens is 3. The van der Waals surface area contributed by atoms with Gasteiger partial charge in [0.2, 0.25) is 0 Å². The summed E-state index contributed by atoms with van der Waals surface area (Å²) in [5.74, 6) is 0. The molecule has 0 saturated carbocycles. The van der Waals surface area contributed by atoms with Crippen molar-refractivity contribution in [2.24, 2.45) is 5.16 Å². The normalized spacial score (nSPS) is 21.3. The van der Waals surface area contributed by atoms with Gasteiger partial charge >= 0.3 is 6.18 Å². The monoisotopic (exact) mass is 305 g/mol. The Morgan fingerprint density at radius 1 is 0.955 bits per heavy atom. The van der Waals surface area contributed by atoms with E-state index in [1.807, 2.05) is 30.3 Å². The van der Waals surface area contributed by atoms with Crippen LogP contribution in [0.25, 0.3) is 0 Å². The number of rotatable bonds is 3. The molecular weight excluding hydrogens is 291 g/mol. The molecule has 5 heteroatoms. The topological polar surface area (TPSA) is 21.6 Å². The van der Waals surface area contributed by atoms with Gasteiger partial charge in [-0.25, -0.2) is 0 Å². The van der Waals surface area contributed by atoms with Crippen LogP contribution in [0.4, 0.5) is 13.2 Å². The molecule has 3 rings (SSSR count). The minimum atomic E-state index is -4.34. The number of oxime groups is 1. The van der Waals surface area contributed by atoms with Crippen LogP contribution in [-0.2, 0) is 10.4 Å². The lowest BCUT2D eigenvalue weighted by atomic mass is 9.84. The van der Waals surface area contributed by atoms with Crippen LogP contribution in [0.2, 0.25) is 0 Å². The van der Waals surface area contributed by atoms with Gasteiger partial charge in [-0.2, -0.15) is 13.2 Å². The fraction of sp³-hybridized carbons (Fsp3) is 0.235. The van der Waals surface area contributed by atoms with Gasteiger partial charge in [0.1, 0.15) is 0 Å². The molecule has 2 aromatic rings. The molecule has 1 aliphatic heterocycles. The van der Waals surface area contributed by atoms with Gasteiger partial charge in [-0.3, -0.25) is 0 Å². The molecule has 0 bridgehead atoms. The highest BCUT2D eigenvalue weighted by atomic mass is 19.4. The van der Waals surface area contributed by atoms with Crippen molar-refractivity contribution in [2.75, 3.05) is 0 Å². The Hall–Kier alpha value is -2.30. The zero-order valence-corrected chi connectivity index (χ0v) is 11.7. The van der Waals surface area contributed by atoms with E-state index in [-0.39, 0.29) is 6.42 Å². The number of hydrogen-bond acceptors (Lipinski definition) is 2. The average Bonchev–Trinajstić information content (AvgIpc) is 2.92. The predicted molar refractivity (Wildman–Crippen MR) is 77.5 cm³/mol. The summed E-state index contributed by atoms with van der Waals surface area (Å²) in [6.45, 7) is 0. The van der Waals surface area contributed by atoms with E-state index < -0.39 is 18.2 Å². The molecule has 22 heavy (non-hydrogen) atoms.